The van der Waals surface area contributed by atoms with Crippen LogP contribution in [0.5, 0.6) is 0 Å². The van der Waals surface area contributed by atoms with Gasteiger partial charge in [0.2, 0.25) is 0 Å². The molecular weight excluding hydrogens is 200 g/mol. The molecule has 0 radical (unpaired) electrons. The fraction of sp³-hybridized carbons (Fsp3) is 0.375. The second kappa shape index (κ2) is 3.85. The fourth-order valence-electron chi connectivity index (χ4n) is 1.05. The Morgan fingerprint density at radius 3 is 3.00 bits per heavy atom. The van der Waals surface area contributed by atoms with E-state index in [4.69, 9.17) is 10.3 Å². The molecule has 2 aromatic rings. The quantitative estimate of drug-likeness (QED) is 0.817. The Morgan fingerprint density at radius 1 is 1.50 bits per heavy atom. The van der Waals surface area contributed by atoms with Gasteiger partial charge >= 0.3 is 0 Å². The van der Waals surface area contributed by atoms with Gasteiger partial charge in [-0.25, -0.2) is 4.98 Å². The number of hydrogen-bond acceptors (Lipinski definition) is 6. The second-order valence-corrected chi connectivity index (χ2v) is 3.69. The lowest BCUT2D eigenvalue weighted by Crippen LogP contribution is -2.02. The number of aromatic nitrogens is 3. The first-order valence-corrected chi connectivity index (χ1v) is 5.12. The molecule has 0 aliphatic heterocycles. The summed E-state index contributed by atoms with van der Waals surface area (Å²) in [5.41, 5.74) is 6.40. The Kier molecular flexibility index (Phi) is 2.55. The molecule has 0 atom stereocenters. The molecule has 0 spiro atoms. The Morgan fingerprint density at radius 2 is 2.36 bits per heavy atom. The monoisotopic (exact) mass is 210 g/mol. The van der Waals surface area contributed by atoms with E-state index in [1.54, 1.807) is 6.92 Å². The molecule has 2 aromatic heterocycles. The van der Waals surface area contributed by atoms with E-state index in [-0.39, 0.29) is 0 Å². The van der Waals surface area contributed by atoms with Gasteiger partial charge in [0.1, 0.15) is 0 Å². The highest BCUT2D eigenvalue weighted by Gasteiger charge is 2.10. The van der Waals surface area contributed by atoms with Gasteiger partial charge in [-0.05, 0) is 13.5 Å². The lowest BCUT2D eigenvalue weighted by Gasteiger charge is -1.87. The zero-order valence-electron chi connectivity index (χ0n) is 7.73. The summed E-state index contributed by atoms with van der Waals surface area (Å²) in [5.74, 6) is 1.10. The van der Waals surface area contributed by atoms with Gasteiger partial charge in [0.25, 0.3) is 5.89 Å². The van der Waals surface area contributed by atoms with Crippen molar-refractivity contribution < 1.29 is 4.52 Å². The van der Waals surface area contributed by atoms with Crippen molar-refractivity contribution in [3.63, 3.8) is 0 Å². The van der Waals surface area contributed by atoms with Gasteiger partial charge in [-0.2, -0.15) is 4.98 Å². The van der Waals surface area contributed by atoms with Gasteiger partial charge in [-0.3, -0.25) is 0 Å². The minimum atomic E-state index is 0.482. The van der Waals surface area contributed by atoms with Gasteiger partial charge in [-0.1, -0.05) is 5.16 Å². The Bertz CT molecular complexity index is 422. The minimum Gasteiger partial charge on any atom is -0.331 e. The van der Waals surface area contributed by atoms with Crippen LogP contribution in [-0.4, -0.2) is 21.7 Å². The zero-order chi connectivity index (χ0) is 9.97. The summed E-state index contributed by atoms with van der Waals surface area (Å²) in [6.45, 7) is 2.38. The molecule has 0 amide bonds. The Balaban J connectivity index is 2.24. The van der Waals surface area contributed by atoms with Crippen molar-refractivity contribution in [1.29, 1.82) is 0 Å². The first-order chi connectivity index (χ1) is 6.79. The van der Waals surface area contributed by atoms with Crippen molar-refractivity contribution in [1.82, 2.24) is 15.1 Å². The van der Waals surface area contributed by atoms with Gasteiger partial charge < -0.3 is 10.3 Å². The van der Waals surface area contributed by atoms with E-state index in [1.165, 1.54) is 11.3 Å². The van der Waals surface area contributed by atoms with Crippen molar-refractivity contribution in [2.24, 2.45) is 5.73 Å². The van der Waals surface area contributed by atoms with Gasteiger partial charge in [-0.15, -0.1) is 11.3 Å². The molecule has 74 valence electrons. The van der Waals surface area contributed by atoms with E-state index < -0.39 is 0 Å². The first kappa shape index (κ1) is 9.29. The number of nitrogens with two attached hydrogens (primary N) is 1. The number of rotatable bonds is 3. The summed E-state index contributed by atoms with van der Waals surface area (Å²) in [6, 6.07) is 0. The molecule has 0 unspecified atom stereocenters. The molecule has 5 nitrogen and oxygen atoms in total. The summed E-state index contributed by atoms with van der Waals surface area (Å²) in [4.78, 5) is 8.42. The van der Waals surface area contributed by atoms with Crippen LogP contribution in [-0.2, 0) is 6.42 Å². The maximum atomic E-state index is 5.43. The second-order valence-electron chi connectivity index (χ2n) is 2.83. The van der Waals surface area contributed by atoms with E-state index in [1.807, 2.05) is 5.38 Å². The van der Waals surface area contributed by atoms with Crippen LogP contribution in [0.4, 0.5) is 0 Å². The van der Waals surface area contributed by atoms with Crippen LogP contribution in [0, 0.1) is 6.92 Å². The largest absolute Gasteiger partial charge is 0.331 e. The molecule has 2 N–H and O–H groups in total. The standard InChI is InChI=1S/C8H10N4OS/c1-5-10-7(13-12-5)8-11-6(2-3-9)4-14-8/h4H,2-3,9H2,1H3. The molecule has 0 aromatic carbocycles. The third-order valence-electron chi connectivity index (χ3n) is 1.66. The normalized spacial score (nSPS) is 10.7. The highest BCUT2D eigenvalue weighted by molar-refractivity contribution is 7.13. The summed E-state index contributed by atoms with van der Waals surface area (Å²) in [7, 11) is 0. The lowest BCUT2D eigenvalue weighted by molar-refractivity contribution is 0.425. The zero-order valence-corrected chi connectivity index (χ0v) is 8.54. The fourth-order valence-corrected chi connectivity index (χ4v) is 1.82. The predicted octanol–water partition coefficient (Wildman–Crippen LogP) is 1.00. The molecular formula is C8H10N4OS. The van der Waals surface area contributed by atoms with Crippen molar-refractivity contribution in [3.8, 4) is 10.9 Å². The summed E-state index contributed by atoms with van der Waals surface area (Å²) >= 11 is 1.49. The van der Waals surface area contributed by atoms with Gasteiger partial charge in [0.05, 0.1) is 5.69 Å². The van der Waals surface area contributed by atoms with E-state index in [0.29, 0.717) is 18.3 Å². The van der Waals surface area contributed by atoms with Crippen LogP contribution in [0.3, 0.4) is 0 Å². The van der Waals surface area contributed by atoms with E-state index in [9.17, 15) is 0 Å². The van der Waals surface area contributed by atoms with Crippen LogP contribution in [0.2, 0.25) is 0 Å². The highest BCUT2D eigenvalue weighted by atomic mass is 32.1. The van der Waals surface area contributed by atoms with Crippen molar-refractivity contribution >= 4 is 11.3 Å². The minimum absolute atomic E-state index is 0.482. The van der Waals surface area contributed by atoms with Crippen LogP contribution in [0.25, 0.3) is 10.9 Å². The maximum absolute atomic E-state index is 5.43. The van der Waals surface area contributed by atoms with Gasteiger partial charge in [0.15, 0.2) is 10.8 Å². The van der Waals surface area contributed by atoms with Crippen LogP contribution >= 0.6 is 11.3 Å². The molecule has 0 saturated heterocycles. The molecule has 2 heterocycles. The topological polar surface area (TPSA) is 77.8 Å². The summed E-state index contributed by atoms with van der Waals surface area (Å²) in [5, 5.41) is 6.42. The van der Waals surface area contributed by atoms with E-state index in [2.05, 4.69) is 15.1 Å². The number of nitrogens with zero attached hydrogens (tertiary/aromatic N) is 3. The summed E-state index contributed by atoms with van der Waals surface area (Å²) in [6.07, 6.45) is 0.781. The van der Waals surface area contributed by atoms with E-state index >= 15 is 0 Å². The van der Waals surface area contributed by atoms with Crippen molar-refractivity contribution in [3.05, 3.63) is 16.9 Å². The van der Waals surface area contributed by atoms with Crippen LogP contribution in [0.15, 0.2) is 9.90 Å². The number of thiazole rings is 1. The predicted molar refractivity (Wildman–Crippen MR) is 52.9 cm³/mol. The first-order valence-electron chi connectivity index (χ1n) is 4.25. The van der Waals surface area contributed by atoms with Crippen LogP contribution in [0.1, 0.15) is 11.5 Å². The Labute approximate surface area is 85.0 Å². The smallest absolute Gasteiger partial charge is 0.286 e. The maximum Gasteiger partial charge on any atom is 0.286 e. The lowest BCUT2D eigenvalue weighted by atomic mass is 10.3. The average molecular weight is 210 g/mol. The third-order valence-corrected chi connectivity index (χ3v) is 2.54. The van der Waals surface area contributed by atoms with Crippen molar-refractivity contribution in [2.45, 2.75) is 13.3 Å². The molecule has 0 aliphatic carbocycles. The van der Waals surface area contributed by atoms with E-state index in [0.717, 1.165) is 17.1 Å². The van der Waals surface area contributed by atoms with Crippen molar-refractivity contribution in [2.75, 3.05) is 6.54 Å². The summed E-state index contributed by atoms with van der Waals surface area (Å²) < 4.78 is 5.00. The molecule has 14 heavy (non-hydrogen) atoms. The molecule has 0 aliphatic rings. The highest BCUT2D eigenvalue weighted by Crippen LogP contribution is 2.21. The number of hydrogen-bond donors (Lipinski definition) is 1. The van der Waals surface area contributed by atoms with Crippen LogP contribution < -0.4 is 5.73 Å². The Hall–Kier alpha value is -1.27. The third kappa shape index (κ3) is 1.80. The molecule has 0 fully saturated rings. The number of aryl methyl sites for hydroxylation is 1. The van der Waals surface area contributed by atoms with Gasteiger partial charge in [0, 0.05) is 11.8 Å². The molecule has 2 rings (SSSR count). The molecule has 0 bridgehead atoms. The molecule has 6 heteroatoms. The average Bonchev–Trinajstić information content (AvgIpc) is 2.74. The molecule has 0 saturated carbocycles. The SMILES string of the molecule is Cc1noc(-c2nc(CCN)cs2)n1.